The van der Waals surface area contributed by atoms with Gasteiger partial charge in [0, 0.05) is 0 Å². The first-order valence-electron chi connectivity index (χ1n) is 11.1. The molecule has 0 aliphatic carbocycles. The van der Waals surface area contributed by atoms with Crippen LogP contribution in [0.5, 0.6) is 0 Å². The van der Waals surface area contributed by atoms with Crippen molar-refractivity contribution < 1.29 is 6.51 Å². The molecule has 0 aromatic heterocycles. The summed E-state index contributed by atoms with van der Waals surface area (Å²) in [5.74, 6) is 0. The molecule has 0 N–H and O–H groups in total. The summed E-state index contributed by atoms with van der Waals surface area (Å²) >= 11 is 0. The van der Waals surface area contributed by atoms with Gasteiger partial charge in [0.05, 0.1) is 0 Å². The molecule has 0 bridgehead atoms. The second-order valence-electron chi connectivity index (χ2n) is 13.1. The Kier molecular flexibility index (Phi) is 0.516. The van der Waals surface area contributed by atoms with Crippen LogP contribution in [-0.4, -0.2) is 0 Å². The second-order valence-corrected chi connectivity index (χ2v) is 35.7. The van der Waals surface area contributed by atoms with Gasteiger partial charge in [-0.3, -0.25) is 0 Å². The molecule has 0 radical (unpaired) electrons. The molecule has 10 rings (SSSR count). The zero-order valence-corrected chi connectivity index (χ0v) is 17.0. The molecule has 1 spiro atoms. The number of rotatable bonds is 6. The van der Waals surface area contributed by atoms with Gasteiger partial charge in [0.2, 0.25) is 0 Å². The molecule has 0 aromatic rings. The molecule has 10 aliphatic heterocycles. The van der Waals surface area contributed by atoms with Crippen LogP contribution in [0.3, 0.4) is 0 Å². The molecule has 0 aromatic carbocycles. The average Bonchev–Trinajstić information content (AvgIpc) is 3.54. The predicted molar refractivity (Wildman–Crippen MR) is 92.9 cm³/mol. The van der Waals surface area contributed by atoms with Gasteiger partial charge in [0.25, 0.3) is 0 Å². The molecule has 1 heteroatoms. The normalized spacial score (nSPS) is 108. The Bertz CT molecular complexity index is 1190. The van der Waals surface area contributed by atoms with E-state index in [9.17, 15) is 0 Å². The van der Waals surface area contributed by atoms with Gasteiger partial charge in [-0.2, -0.15) is 0 Å². The fourth-order valence-electron chi connectivity index (χ4n) is 27.0. The van der Waals surface area contributed by atoms with Gasteiger partial charge in [0.15, 0.2) is 0 Å². The van der Waals surface area contributed by atoms with Gasteiger partial charge in [0.1, 0.15) is 0 Å². The van der Waals surface area contributed by atoms with Crippen LogP contribution in [0.25, 0.3) is 0 Å². The van der Waals surface area contributed by atoms with Crippen LogP contribution in [0.2, 0.25) is 45.1 Å². The molecule has 10 aliphatic rings. The van der Waals surface area contributed by atoms with Gasteiger partial charge >= 0.3 is 132 Å². The van der Waals surface area contributed by atoms with Crippen molar-refractivity contribution in [2.24, 2.45) is 0 Å². The van der Waals surface area contributed by atoms with Crippen LogP contribution in [0.4, 0.5) is 0 Å². The minimum atomic E-state index is -3.60. The maximum absolute atomic E-state index is 3.60. The minimum absolute atomic E-state index is 1.02. The van der Waals surface area contributed by atoms with Crippen LogP contribution >= 0.6 is 0 Å². The summed E-state index contributed by atoms with van der Waals surface area (Å²) < 4.78 is 6.22. The Balaban J connectivity index is 1.66. The molecular weight excluding hydrogens is 320 g/mol. The van der Waals surface area contributed by atoms with Gasteiger partial charge in [-0.15, -0.1) is 0 Å². The van der Waals surface area contributed by atoms with E-state index in [1.165, 1.54) is 19.3 Å². The van der Waals surface area contributed by atoms with Crippen LogP contribution < -0.4 is 0 Å². The Morgan fingerprint density at radius 3 is 1.26 bits per heavy atom. The van der Waals surface area contributed by atoms with Crippen molar-refractivity contribution in [3.63, 3.8) is 0 Å². The molecule has 0 amide bonds. The van der Waals surface area contributed by atoms with E-state index in [0.717, 1.165) is 25.9 Å². The SMILES string of the molecule is CC[C]12[CH]3[CH]4[C]5(CC)[CH]1[Fe]34251678[CH]2[C]1(CC)[C]6(CC)[C]7(CC)[C]28CC. The first-order valence-corrected chi connectivity index (χ1v) is 16.9. The fraction of sp³-hybridized carbons (Fsp3) is 1.00. The summed E-state index contributed by atoms with van der Waals surface area (Å²) in [6, 6.07) is 0. The molecule has 0 nitrogen and oxygen atoms in total. The third kappa shape index (κ3) is 0.106. The van der Waals surface area contributed by atoms with E-state index in [4.69, 9.17) is 0 Å². The van der Waals surface area contributed by atoms with Crippen molar-refractivity contribution in [2.75, 3.05) is 0 Å². The second kappa shape index (κ2) is 1.05. The molecular formula is C22H34Fe. The van der Waals surface area contributed by atoms with Gasteiger partial charge in [-0.05, 0) is 0 Å². The van der Waals surface area contributed by atoms with Gasteiger partial charge in [-0.1, -0.05) is 0 Å². The van der Waals surface area contributed by atoms with E-state index in [1.807, 2.05) is 0 Å². The topological polar surface area (TPSA) is 0 Å². The molecule has 8 unspecified atom stereocenters. The summed E-state index contributed by atoms with van der Waals surface area (Å²) in [4.78, 5) is 5.63. The average molecular weight is 354 g/mol. The molecule has 10 heterocycles. The standard InChI is InChI=1S/C13H21.C9H13.Fe/c1-5-10-9-11(6-2)13(8-4)12(10)7-3;1-3-8-5-6-9(4-2)7-8;/h9H,5-8H2,1-4H3;5-7H,3-4H2,1-2H3;. The van der Waals surface area contributed by atoms with Crippen molar-refractivity contribution in [1.82, 2.24) is 0 Å². The molecule has 0 saturated carbocycles. The fourth-order valence-corrected chi connectivity index (χ4v) is 120. The monoisotopic (exact) mass is 354 g/mol. The Hall–Kier alpha value is 0.519. The Labute approximate surface area is 131 Å². The quantitative estimate of drug-likeness (QED) is 0.423. The van der Waals surface area contributed by atoms with E-state index in [0.29, 0.717) is 0 Å². The van der Waals surface area contributed by atoms with Crippen LogP contribution in [0.1, 0.15) is 80.1 Å². The van der Waals surface area contributed by atoms with Crippen molar-refractivity contribution in [2.45, 2.75) is 125 Å². The summed E-state index contributed by atoms with van der Waals surface area (Å²) in [6.07, 6.45) is 9.81. The first-order chi connectivity index (χ1) is 10.9. The summed E-state index contributed by atoms with van der Waals surface area (Å²) in [6.45, 7) is 12.5. The van der Waals surface area contributed by atoms with Gasteiger partial charge < -0.3 is 0 Å². The van der Waals surface area contributed by atoms with Crippen molar-refractivity contribution >= 4 is 0 Å². The van der Waals surface area contributed by atoms with Gasteiger partial charge in [-0.25, -0.2) is 0 Å². The number of hydrogen-bond acceptors (Lipinski definition) is 0. The summed E-state index contributed by atoms with van der Waals surface area (Å²) in [7, 11) is 0. The molecule has 130 valence electrons. The Morgan fingerprint density at radius 1 is 0.565 bits per heavy atom. The number of fused-ring (bicyclic) bond motifs is 10. The van der Waals surface area contributed by atoms with Crippen LogP contribution in [0.15, 0.2) is 0 Å². The van der Waals surface area contributed by atoms with Crippen molar-refractivity contribution in [1.29, 1.82) is 0 Å². The number of hydrogen-bond donors (Lipinski definition) is 0. The summed E-state index contributed by atoms with van der Waals surface area (Å²) in [5.41, 5.74) is 0. The third-order valence-electron chi connectivity index (χ3n) is 20.3. The predicted octanol–water partition coefficient (Wildman–Crippen LogP) is 8.06. The third-order valence-corrected chi connectivity index (χ3v) is 69.2. The van der Waals surface area contributed by atoms with Crippen molar-refractivity contribution in [3.05, 3.63) is 0 Å². The zero-order valence-electron chi connectivity index (χ0n) is 15.9. The summed E-state index contributed by atoms with van der Waals surface area (Å²) in [5, 5.41) is 0. The Morgan fingerprint density at radius 2 is 1.00 bits per heavy atom. The van der Waals surface area contributed by atoms with E-state index < -0.39 is 6.51 Å². The van der Waals surface area contributed by atoms with E-state index in [1.54, 1.807) is 38.5 Å². The van der Waals surface area contributed by atoms with E-state index in [2.05, 4.69) is 41.5 Å². The van der Waals surface area contributed by atoms with E-state index >= 15 is 0 Å². The molecule has 10 fully saturated rings. The molecule has 8 atom stereocenters. The van der Waals surface area contributed by atoms with Crippen molar-refractivity contribution in [3.8, 4) is 0 Å². The zero-order chi connectivity index (χ0) is 15.9. The van der Waals surface area contributed by atoms with Crippen LogP contribution in [0, 0.1) is 0 Å². The molecule has 23 heavy (non-hydrogen) atoms. The van der Waals surface area contributed by atoms with E-state index in [-0.39, 0.29) is 0 Å². The maximum atomic E-state index is 2.69. The first kappa shape index (κ1) is 11.3. The van der Waals surface area contributed by atoms with Crippen LogP contribution in [-0.2, 0) is 6.51 Å². The molecule has 10 saturated heterocycles.